The second kappa shape index (κ2) is 3.02. The number of aromatic hydroxyl groups is 1. The number of allylic oxidation sites excluding steroid dienone is 1. The van der Waals surface area contributed by atoms with E-state index in [0.29, 0.717) is 5.75 Å². The van der Waals surface area contributed by atoms with Crippen molar-refractivity contribution in [2.45, 2.75) is 6.42 Å². The van der Waals surface area contributed by atoms with Crippen LogP contribution >= 0.6 is 0 Å². The predicted molar refractivity (Wildman–Crippen MR) is 59.1 cm³/mol. The molecule has 0 unspecified atom stereocenters. The Morgan fingerprint density at radius 1 is 1.13 bits per heavy atom. The highest BCUT2D eigenvalue weighted by atomic mass is 16.5. The predicted octanol–water partition coefficient (Wildman–Crippen LogP) is 2.99. The molecule has 0 spiro atoms. The summed E-state index contributed by atoms with van der Waals surface area (Å²) >= 11 is 0. The molecular formula is C13H10O2. The Morgan fingerprint density at radius 3 is 3.00 bits per heavy atom. The molecule has 74 valence electrons. The summed E-state index contributed by atoms with van der Waals surface area (Å²) in [4.78, 5) is 0. The Hall–Kier alpha value is -1.96. The van der Waals surface area contributed by atoms with E-state index in [1.54, 1.807) is 18.4 Å². The van der Waals surface area contributed by atoms with E-state index in [-0.39, 0.29) is 0 Å². The van der Waals surface area contributed by atoms with Gasteiger partial charge in [0.25, 0.3) is 0 Å². The van der Waals surface area contributed by atoms with Gasteiger partial charge >= 0.3 is 0 Å². The molecule has 0 fully saturated rings. The van der Waals surface area contributed by atoms with Gasteiger partial charge in [0.1, 0.15) is 11.5 Å². The third kappa shape index (κ3) is 1.26. The van der Waals surface area contributed by atoms with Gasteiger partial charge in [-0.05, 0) is 41.5 Å². The van der Waals surface area contributed by atoms with E-state index in [2.05, 4.69) is 0 Å². The zero-order valence-electron chi connectivity index (χ0n) is 8.10. The minimum Gasteiger partial charge on any atom is -0.508 e. The first-order valence-corrected chi connectivity index (χ1v) is 4.91. The molecule has 0 amide bonds. The monoisotopic (exact) mass is 198 g/mol. The van der Waals surface area contributed by atoms with Gasteiger partial charge in [0.2, 0.25) is 0 Å². The van der Waals surface area contributed by atoms with Crippen molar-refractivity contribution < 1.29 is 9.84 Å². The van der Waals surface area contributed by atoms with Crippen molar-refractivity contribution in [3.63, 3.8) is 0 Å². The summed E-state index contributed by atoms with van der Waals surface area (Å²) in [6.45, 7) is 0. The van der Waals surface area contributed by atoms with E-state index in [9.17, 15) is 5.11 Å². The van der Waals surface area contributed by atoms with Crippen LogP contribution in [0.1, 0.15) is 5.56 Å². The molecule has 1 aliphatic rings. The molecule has 0 aliphatic carbocycles. The number of phenols is 1. The Balaban J connectivity index is 2.34. The molecule has 1 aliphatic heterocycles. The first-order chi connectivity index (χ1) is 7.34. The summed E-state index contributed by atoms with van der Waals surface area (Å²) in [5.74, 6) is 1.21. The van der Waals surface area contributed by atoms with Crippen LogP contribution in [0.4, 0.5) is 0 Å². The molecule has 15 heavy (non-hydrogen) atoms. The number of phenolic OH excluding ortho intramolecular Hbond substituents is 1. The van der Waals surface area contributed by atoms with Crippen LogP contribution in [-0.2, 0) is 6.42 Å². The van der Waals surface area contributed by atoms with E-state index < -0.39 is 0 Å². The summed E-state index contributed by atoms with van der Waals surface area (Å²) in [5, 5.41) is 11.6. The van der Waals surface area contributed by atoms with Crippen LogP contribution in [0, 0.1) is 0 Å². The molecule has 1 heterocycles. The van der Waals surface area contributed by atoms with E-state index in [4.69, 9.17) is 4.74 Å². The van der Waals surface area contributed by atoms with Crippen LogP contribution in [0.2, 0.25) is 0 Å². The van der Waals surface area contributed by atoms with Crippen LogP contribution < -0.4 is 4.74 Å². The number of hydrogen-bond acceptors (Lipinski definition) is 2. The summed E-state index contributed by atoms with van der Waals surface area (Å²) in [7, 11) is 0. The van der Waals surface area contributed by atoms with Crippen molar-refractivity contribution >= 4 is 10.8 Å². The van der Waals surface area contributed by atoms with Crippen molar-refractivity contribution in [2.24, 2.45) is 0 Å². The van der Waals surface area contributed by atoms with Gasteiger partial charge in [0.05, 0.1) is 6.26 Å². The third-order valence-corrected chi connectivity index (χ3v) is 2.69. The molecule has 2 nitrogen and oxygen atoms in total. The number of benzene rings is 2. The molecule has 0 saturated heterocycles. The Morgan fingerprint density at radius 2 is 2.07 bits per heavy atom. The van der Waals surface area contributed by atoms with Crippen molar-refractivity contribution in [3.05, 3.63) is 48.2 Å². The second-order valence-corrected chi connectivity index (χ2v) is 3.64. The summed E-state index contributed by atoms with van der Waals surface area (Å²) in [6, 6.07) is 9.33. The normalized spacial score (nSPS) is 13.6. The van der Waals surface area contributed by atoms with Crippen molar-refractivity contribution in [1.82, 2.24) is 0 Å². The van der Waals surface area contributed by atoms with Crippen molar-refractivity contribution in [1.29, 1.82) is 0 Å². The summed E-state index contributed by atoms with van der Waals surface area (Å²) in [5.41, 5.74) is 1.19. The number of rotatable bonds is 0. The van der Waals surface area contributed by atoms with Crippen LogP contribution in [0.3, 0.4) is 0 Å². The van der Waals surface area contributed by atoms with Crippen LogP contribution in [-0.4, -0.2) is 5.11 Å². The van der Waals surface area contributed by atoms with Gasteiger partial charge in [0.15, 0.2) is 0 Å². The molecule has 2 aromatic carbocycles. The van der Waals surface area contributed by atoms with E-state index >= 15 is 0 Å². The first kappa shape index (κ1) is 8.36. The summed E-state index contributed by atoms with van der Waals surface area (Å²) < 4.78 is 5.42. The molecule has 0 bridgehead atoms. The average Bonchev–Trinajstić information content (AvgIpc) is 2.28. The maximum absolute atomic E-state index is 9.39. The van der Waals surface area contributed by atoms with Crippen molar-refractivity contribution in [3.8, 4) is 11.5 Å². The van der Waals surface area contributed by atoms with Crippen LogP contribution in [0.5, 0.6) is 11.5 Å². The topological polar surface area (TPSA) is 29.5 Å². The van der Waals surface area contributed by atoms with Crippen molar-refractivity contribution in [2.75, 3.05) is 0 Å². The van der Waals surface area contributed by atoms with E-state index in [1.807, 2.05) is 24.3 Å². The molecule has 0 atom stereocenters. The van der Waals surface area contributed by atoms with Crippen LogP contribution in [0.25, 0.3) is 10.8 Å². The average molecular weight is 198 g/mol. The minimum atomic E-state index is 0.301. The fourth-order valence-corrected chi connectivity index (χ4v) is 1.97. The Kier molecular flexibility index (Phi) is 1.68. The van der Waals surface area contributed by atoms with Gasteiger partial charge in [-0.2, -0.15) is 0 Å². The number of ether oxygens (including phenoxy) is 1. The number of hydrogen-bond donors (Lipinski definition) is 1. The zero-order chi connectivity index (χ0) is 10.3. The molecule has 3 rings (SSSR count). The van der Waals surface area contributed by atoms with Gasteiger partial charge in [-0.15, -0.1) is 0 Å². The smallest absolute Gasteiger partial charge is 0.130 e. The fraction of sp³-hybridized carbons (Fsp3) is 0.0769. The lowest BCUT2D eigenvalue weighted by molar-refractivity contribution is 0.465. The molecule has 2 aromatic rings. The zero-order valence-corrected chi connectivity index (χ0v) is 8.10. The van der Waals surface area contributed by atoms with Crippen LogP contribution in [0.15, 0.2) is 42.7 Å². The number of fused-ring (bicyclic) bond motifs is 3. The minimum absolute atomic E-state index is 0.301. The first-order valence-electron chi connectivity index (χ1n) is 4.91. The maximum atomic E-state index is 9.39. The highest BCUT2D eigenvalue weighted by Crippen LogP contribution is 2.32. The van der Waals surface area contributed by atoms with Gasteiger partial charge in [-0.1, -0.05) is 12.1 Å². The lowest BCUT2D eigenvalue weighted by Gasteiger charge is -2.14. The summed E-state index contributed by atoms with van der Waals surface area (Å²) in [6.07, 6.45) is 4.60. The molecule has 1 N–H and O–H groups in total. The standard InChI is InChI=1S/C13H10O2/c14-10-4-5-11-9(8-10)3-6-13-12(11)2-1-7-15-13/h1,3-8,14H,2H2. The fourth-order valence-electron chi connectivity index (χ4n) is 1.97. The third-order valence-electron chi connectivity index (χ3n) is 2.69. The van der Waals surface area contributed by atoms with E-state index in [0.717, 1.165) is 22.9 Å². The van der Waals surface area contributed by atoms with Gasteiger partial charge in [0, 0.05) is 5.56 Å². The Bertz CT molecular complexity index is 556. The maximum Gasteiger partial charge on any atom is 0.130 e. The van der Waals surface area contributed by atoms with Gasteiger partial charge in [-0.3, -0.25) is 0 Å². The second-order valence-electron chi connectivity index (χ2n) is 3.64. The Labute approximate surface area is 87.4 Å². The molecule has 2 heteroatoms. The SMILES string of the molecule is Oc1ccc2c3c(ccc2c1)OC=CC3. The quantitative estimate of drug-likeness (QED) is 0.705. The van der Waals surface area contributed by atoms with Gasteiger partial charge < -0.3 is 9.84 Å². The molecule has 0 radical (unpaired) electrons. The highest BCUT2D eigenvalue weighted by Gasteiger charge is 2.10. The molecule has 0 saturated carbocycles. The highest BCUT2D eigenvalue weighted by molar-refractivity contribution is 5.89. The largest absolute Gasteiger partial charge is 0.508 e. The lowest BCUT2D eigenvalue weighted by Crippen LogP contribution is -1.96. The molecular weight excluding hydrogens is 188 g/mol. The van der Waals surface area contributed by atoms with E-state index in [1.165, 1.54) is 5.56 Å². The van der Waals surface area contributed by atoms with Gasteiger partial charge in [-0.25, -0.2) is 0 Å². The molecule has 0 aromatic heterocycles. The lowest BCUT2D eigenvalue weighted by atomic mass is 10.00.